The van der Waals surface area contributed by atoms with Gasteiger partial charge in [-0.3, -0.25) is 0 Å². The molecule has 3 nitrogen and oxygen atoms in total. The number of β-amino-alcohol motifs (C(OH)–C–C–N with tert-alkyl or cyclic N) is 1. The molecule has 1 fully saturated rings. The molecule has 0 saturated carbocycles. The Hall–Kier alpha value is -0.650. The Morgan fingerprint density at radius 2 is 2.31 bits per heavy atom. The van der Waals surface area contributed by atoms with Crippen LogP contribution in [0.15, 0.2) is 22.7 Å². The quantitative estimate of drug-likeness (QED) is 0.816. The number of hydrogen-bond acceptors (Lipinski definition) is 3. The molecule has 86 valence electrons. The van der Waals surface area contributed by atoms with Crippen molar-refractivity contribution in [1.82, 2.24) is 0 Å². The molecule has 1 aliphatic heterocycles. The number of aliphatic hydroxyl groups excluding tert-OH is 1. The van der Waals surface area contributed by atoms with Crippen LogP contribution in [0.25, 0.3) is 0 Å². The van der Waals surface area contributed by atoms with Gasteiger partial charge < -0.3 is 15.7 Å². The maximum atomic E-state index is 9.54. The van der Waals surface area contributed by atoms with Crippen LogP contribution in [0.2, 0.25) is 0 Å². The van der Waals surface area contributed by atoms with Crippen LogP contribution in [-0.2, 0) is 0 Å². The summed E-state index contributed by atoms with van der Waals surface area (Å²) in [6.45, 7) is 1.49. The second-order valence-electron chi connectivity index (χ2n) is 3.89. The van der Waals surface area contributed by atoms with Crippen molar-refractivity contribution in [3.63, 3.8) is 0 Å². The topological polar surface area (TPSA) is 49.5 Å². The second kappa shape index (κ2) is 4.69. The fourth-order valence-corrected chi connectivity index (χ4v) is 2.90. The molecule has 5 heteroatoms. The number of aliphatic hydroxyl groups is 1. The zero-order valence-electron chi connectivity index (χ0n) is 8.69. The van der Waals surface area contributed by atoms with E-state index >= 15 is 0 Å². The third-order valence-corrected chi connectivity index (χ3v) is 3.61. The molecule has 0 aromatic heterocycles. The van der Waals surface area contributed by atoms with Gasteiger partial charge in [-0.25, -0.2) is 0 Å². The average Bonchev–Trinajstić information content (AvgIpc) is 2.63. The van der Waals surface area contributed by atoms with Gasteiger partial charge in [0.25, 0.3) is 0 Å². The van der Waals surface area contributed by atoms with Crippen molar-refractivity contribution >= 4 is 38.8 Å². The number of benzene rings is 1. The average molecular weight is 301 g/mol. The van der Waals surface area contributed by atoms with Crippen LogP contribution in [-0.4, -0.2) is 29.3 Å². The first-order chi connectivity index (χ1) is 7.59. The fourth-order valence-electron chi connectivity index (χ4n) is 1.98. The minimum absolute atomic E-state index is 0.252. The van der Waals surface area contributed by atoms with Gasteiger partial charge in [-0.15, -0.1) is 0 Å². The number of nitrogens with two attached hydrogens (primary N) is 1. The second-order valence-corrected chi connectivity index (χ2v) is 5.18. The third-order valence-electron chi connectivity index (χ3n) is 2.74. The van der Waals surface area contributed by atoms with Crippen LogP contribution in [0.1, 0.15) is 12.0 Å². The van der Waals surface area contributed by atoms with Gasteiger partial charge in [-0.2, -0.15) is 0 Å². The normalized spacial score (nSPS) is 20.1. The van der Waals surface area contributed by atoms with Crippen molar-refractivity contribution in [2.45, 2.75) is 12.5 Å². The molecule has 1 aromatic rings. The molecular formula is C11H13BrN2OS. The standard InChI is InChI=1S/C11H13BrN2OS/c12-8-2-1-3-9(10(8)11(13)16)14-5-4-7(15)6-14/h1-3,7,15H,4-6H2,(H2,13,16). The van der Waals surface area contributed by atoms with Gasteiger partial charge in [0.2, 0.25) is 0 Å². The maximum Gasteiger partial charge on any atom is 0.107 e. The van der Waals surface area contributed by atoms with Gasteiger partial charge in [0.05, 0.1) is 6.10 Å². The minimum atomic E-state index is -0.252. The van der Waals surface area contributed by atoms with E-state index in [2.05, 4.69) is 20.8 Å². The summed E-state index contributed by atoms with van der Waals surface area (Å²) in [6.07, 6.45) is 0.543. The van der Waals surface area contributed by atoms with E-state index in [1.807, 2.05) is 18.2 Å². The first-order valence-corrected chi connectivity index (χ1v) is 6.31. The molecule has 1 aliphatic rings. The Bertz CT molecular complexity index is 424. The lowest BCUT2D eigenvalue weighted by Crippen LogP contribution is -2.25. The molecule has 1 aromatic carbocycles. The van der Waals surface area contributed by atoms with E-state index in [4.69, 9.17) is 18.0 Å². The van der Waals surface area contributed by atoms with Gasteiger partial charge in [-0.05, 0) is 34.5 Å². The van der Waals surface area contributed by atoms with Crippen LogP contribution in [0.4, 0.5) is 5.69 Å². The molecule has 1 saturated heterocycles. The summed E-state index contributed by atoms with van der Waals surface area (Å²) in [5.41, 5.74) is 7.58. The summed E-state index contributed by atoms with van der Waals surface area (Å²) >= 11 is 8.51. The lowest BCUT2D eigenvalue weighted by Gasteiger charge is -2.21. The van der Waals surface area contributed by atoms with Crippen molar-refractivity contribution in [2.24, 2.45) is 5.73 Å². The number of anilines is 1. The molecule has 16 heavy (non-hydrogen) atoms. The van der Waals surface area contributed by atoms with E-state index in [1.165, 1.54) is 0 Å². The van der Waals surface area contributed by atoms with Crippen molar-refractivity contribution in [3.05, 3.63) is 28.2 Å². The Balaban J connectivity index is 2.40. The molecule has 1 unspecified atom stereocenters. The van der Waals surface area contributed by atoms with Crippen molar-refractivity contribution in [3.8, 4) is 0 Å². The minimum Gasteiger partial charge on any atom is -0.391 e. The monoisotopic (exact) mass is 300 g/mol. The van der Waals surface area contributed by atoms with Crippen LogP contribution >= 0.6 is 28.1 Å². The molecule has 1 heterocycles. The van der Waals surface area contributed by atoms with Crippen molar-refractivity contribution in [1.29, 1.82) is 0 Å². The summed E-state index contributed by atoms with van der Waals surface area (Å²) in [4.78, 5) is 2.49. The fraction of sp³-hybridized carbons (Fsp3) is 0.364. The van der Waals surface area contributed by atoms with Crippen LogP contribution in [0, 0.1) is 0 Å². The van der Waals surface area contributed by atoms with E-state index in [-0.39, 0.29) is 6.10 Å². The number of thiocarbonyl (C=S) groups is 1. The SMILES string of the molecule is NC(=S)c1c(Br)cccc1N1CCC(O)C1. The molecule has 0 aliphatic carbocycles. The summed E-state index contributed by atoms with van der Waals surface area (Å²) in [7, 11) is 0. The summed E-state index contributed by atoms with van der Waals surface area (Å²) in [5, 5.41) is 9.54. The van der Waals surface area contributed by atoms with Gasteiger partial charge >= 0.3 is 0 Å². The highest BCUT2D eigenvalue weighted by molar-refractivity contribution is 9.10. The Labute approximate surface area is 108 Å². The number of halogens is 1. The molecule has 0 spiro atoms. The van der Waals surface area contributed by atoms with Crippen LogP contribution in [0.3, 0.4) is 0 Å². The predicted molar refractivity (Wildman–Crippen MR) is 72.9 cm³/mol. The molecular weight excluding hydrogens is 288 g/mol. The third kappa shape index (κ3) is 2.21. The van der Waals surface area contributed by atoms with E-state index in [0.717, 1.165) is 28.7 Å². The number of hydrogen-bond donors (Lipinski definition) is 2. The van der Waals surface area contributed by atoms with Gasteiger partial charge in [0.1, 0.15) is 4.99 Å². The lowest BCUT2D eigenvalue weighted by atomic mass is 10.1. The van der Waals surface area contributed by atoms with E-state index in [1.54, 1.807) is 0 Å². The highest BCUT2D eigenvalue weighted by Gasteiger charge is 2.23. The molecule has 0 amide bonds. The summed E-state index contributed by atoms with van der Waals surface area (Å²) in [5.74, 6) is 0. The molecule has 3 N–H and O–H groups in total. The van der Waals surface area contributed by atoms with Gasteiger partial charge in [0.15, 0.2) is 0 Å². The number of nitrogens with zero attached hydrogens (tertiary/aromatic N) is 1. The van der Waals surface area contributed by atoms with Crippen molar-refractivity contribution < 1.29 is 5.11 Å². The smallest absolute Gasteiger partial charge is 0.107 e. The predicted octanol–water partition coefficient (Wildman–Crippen LogP) is 1.65. The maximum absolute atomic E-state index is 9.54. The molecule has 2 rings (SSSR count). The molecule has 1 atom stereocenters. The summed E-state index contributed by atoms with van der Waals surface area (Å²) in [6, 6.07) is 5.85. The molecule has 0 radical (unpaired) electrons. The first kappa shape index (κ1) is 11.8. The van der Waals surface area contributed by atoms with Gasteiger partial charge in [0, 0.05) is 28.8 Å². The van der Waals surface area contributed by atoms with E-state index < -0.39 is 0 Å². The largest absolute Gasteiger partial charge is 0.391 e. The van der Waals surface area contributed by atoms with Gasteiger partial charge in [-0.1, -0.05) is 18.3 Å². The highest BCUT2D eigenvalue weighted by atomic mass is 79.9. The Morgan fingerprint density at radius 3 is 2.88 bits per heavy atom. The van der Waals surface area contributed by atoms with Crippen molar-refractivity contribution in [2.75, 3.05) is 18.0 Å². The molecule has 0 bridgehead atoms. The highest BCUT2D eigenvalue weighted by Crippen LogP contribution is 2.30. The lowest BCUT2D eigenvalue weighted by molar-refractivity contribution is 0.198. The summed E-state index contributed by atoms with van der Waals surface area (Å²) < 4.78 is 0.902. The van der Waals surface area contributed by atoms with E-state index in [9.17, 15) is 5.11 Å². The zero-order valence-corrected chi connectivity index (χ0v) is 11.1. The first-order valence-electron chi connectivity index (χ1n) is 5.11. The Morgan fingerprint density at radius 1 is 1.56 bits per heavy atom. The number of rotatable bonds is 2. The zero-order chi connectivity index (χ0) is 11.7. The Kier molecular flexibility index (Phi) is 3.47. The van der Waals surface area contributed by atoms with Crippen LogP contribution < -0.4 is 10.6 Å². The van der Waals surface area contributed by atoms with Crippen LogP contribution in [0.5, 0.6) is 0 Å². The van der Waals surface area contributed by atoms with E-state index in [0.29, 0.717) is 11.5 Å².